The van der Waals surface area contributed by atoms with Crippen molar-refractivity contribution in [2.24, 2.45) is 0 Å². The molecule has 0 saturated heterocycles. The van der Waals surface area contributed by atoms with Gasteiger partial charge in [-0.1, -0.05) is 19.9 Å². The quantitative estimate of drug-likeness (QED) is 0.637. The van der Waals surface area contributed by atoms with Crippen molar-refractivity contribution in [3.05, 3.63) is 34.9 Å². The molecule has 6 nitrogen and oxygen atoms in total. The van der Waals surface area contributed by atoms with Crippen molar-refractivity contribution in [3.63, 3.8) is 0 Å². The fourth-order valence-corrected chi connectivity index (χ4v) is 2.60. The molecule has 0 fully saturated rings. The second kappa shape index (κ2) is 6.73. The van der Waals surface area contributed by atoms with E-state index in [0.717, 1.165) is 10.5 Å². The highest BCUT2D eigenvalue weighted by Gasteiger charge is 2.40. The van der Waals surface area contributed by atoms with Crippen molar-refractivity contribution < 1.29 is 19.2 Å². The third kappa shape index (κ3) is 3.16. The molecular weight excluding hydrogens is 296 g/mol. The van der Waals surface area contributed by atoms with E-state index in [-0.39, 0.29) is 24.7 Å². The Labute approximate surface area is 134 Å². The van der Waals surface area contributed by atoms with Crippen molar-refractivity contribution in [2.75, 3.05) is 7.05 Å². The molecule has 6 heteroatoms. The molecule has 1 heterocycles. The Morgan fingerprint density at radius 2 is 1.87 bits per heavy atom. The summed E-state index contributed by atoms with van der Waals surface area (Å²) in [4.78, 5) is 48.6. The van der Waals surface area contributed by atoms with Gasteiger partial charge in [0.2, 0.25) is 5.91 Å². The highest BCUT2D eigenvalue weighted by atomic mass is 16.2. The average molecular weight is 316 g/mol. The van der Waals surface area contributed by atoms with Crippen LogP contribution in [0.4, 0.5) is 0 Å². The second-order valence-electron chi connectivity index (χ2n) is 5.86. The molecular formula is C17H20N2O4. The van der Waals surface area contributed by atoms with Gasteiger partial charge in [-0.05, 0) is 30.0 Å². The van der Waals surface area contributed by atoms with Gasteiger partial charge in [0.05, 0.1) is 17.2 Å². The van der Waals surface area contributed by atoms with E-state index in [1.54, 1.807) is 12.1 Å². The standard InChI is InChI=1S/C17H20N2O4/c1-10(2)11-4-6-13-14(8-11)17(23)19(16(13)22)12(9-20)5-7-15(21)18-3/h4,6,8-10,12H,5,7H2,1-3H3,(H,18,21). The maximum Gasteiger partial charge on any atom is 0.262 e. The summed E-state index contributed by atoms with van der Waals surface area (Å²) in [5.74, 6) is -0.959. The third-order valence-electron chi connectivity index (χ3n) is 4.04. The van der Waals surface area contributed by atoms with E-state index in [1.165, 1.54) is 7.05 Å². The van der Waals surface area contributed by atoms with Crippen molar-refractivity contribution in [2.45, 2.75) is 38.6 Å². The van der Waals surface area contributed by atoms with Crippen molar-refractivity contribution in [1.82, 2.24) is 10.2 Å². The number of carbonyl (C=O) groups excluding carboxylic acids is 4. The van der Waals surface area contributed by atoms with Crippen LogP contribution in [0, 0.1) is 0 Å². The van der Waals surface area contributed by atoms with Gasteiger partial charge in [-0.25, -0.2) is 0 Å². The maximum absolute atomic E-state index is 12.5. The molecule has 23 heavy (non-hydrogen) atoms. The van der Waals surface area contributed by atoms with Crippen molar-refractivity contribution >= 4 is 24.0 Å². The zero-order valence-corrected chi connectivity index (χ0v) is 13.5. The fourth-order valence-electron chi connectivity index (χ4n) is 2.60. The first-order chi connectivity index (χ1) is 10.9. The number of imide groups is 1. The van der Waals surface area contributed by atoms with Crippen LogP contribution in [0.15, 0.2) is 18.2 Å². The lowest BCUT2D eigenvalue weighted by molar-refractivity contribution is -0.121. The lowest BCUT2D eigenvalue weighted by Crippen LogP contribution is -2.41. The number of benzene rings is 1. The van der Waals surface area contributed by atoms with Crippen LogP contribution in [-0.4, -0.2) is 42.0 Å². The number of carbonyl (C=O) groups is 4. The highest BCUT2D eigenvalue weighted by Crippen LogP contribution is 2.28. The van der Waals surface area contributed by atoms with E-state index in [0.29, 0.717) is 17.4 Å². The van der Waals surface area contributed by atoms with Gasteiger partial charge in [0, 0.05) is 13.5 Å². The Balaban J connectivity index is 2.27. The Bertz CT molecular complexity index is 667. The summed E-state index contributed by atoms with van der Waals surface area (Å²) in [6, 6.07) is 4.23. The molecule has 1 atom stereocenters. The number of fused-ring (bicyclic) bond motifs is 1. The zero-order chi connectivity index (χ0) is 17.1. The molecule has 1 aromatic carbocycles. The second-order valence-corrected chi connectivity index (χ2v) is 5.86. The van der Waals surface area contributed by atoms with E-state index >= 15 is 0 Å². The average Bonchev–Trinajstić information content (AvgIpc) is 2.79. The predicted octanol–water partition coefficient (Wildman–Crippen LogP) is 1.50. The van der Waals surface area contributed by atoms with Crippen molar-refractivity contribution in [3.8, 4) is 0 Å². The van der Waals surface area contributed by atoms with Crippen LogP contribution in [0.1, 0.15) is 58.9 Å². The van der Waals surface area contributed by atoms with Gasteiger partial charge in [-0.15, -0.1) is 0 Å². The molecule has 1 aliphatic rings. The molecule has 0 spiro atoms. The number of nitrogens with one attached hydrogen (secondary N) is 1. The fraction of sp³-hybridized carbons (Fsp3) is 0.412. The van der Waals surface area contributed by atoms with E-state index in [9.17, 15) is 19.2 Å². The molecule has 3 amide bonds. The summed E-state index contributed by atoms with van der Waals surface area (Å²) < 4.78 is 0. The largest absolute Gasteiger partial charge is 0.359 e. The van der Waals surface area contributed by atoms with Crippen LogP contribution in [-0.2, 0) is 9.59 Å². The summed E-state index contributed by atoms with van der Waals surface area (Å²) in [6.45, 7) is 4.00. The minimum atomic E-state index is -0.929. The summed E-state index contributed by atoms with van der Waals surface area (Å²) >= 11 is 0. The molecule has 1 aliphatic heterocycles. The van der Waals surface area contributed by atoms with Crippen LogP contribution in [0.3, 0.4) is 0 Å². The van der Waals surface area contributed by atoms with E-state index < -0.39 is 17.9 Å². The molecule has 1 N–H and O–H groups in total. The van der Waals surface area contributed by atoms with Gasteiger partial charge in [0.25, 0.3) is 11.8 Å². The van der Waals surface area contributed by atoms with Crippen LogP contribution < -0.4 is 5.32 Å². The van der Waals surface area contributed by atoms with Crippen LogP contribution >= 0.6 is 0 Å². The SMILES string of the molecule is CNC(=O)CCC(C=O)N1C(=O)c2ccc(C(C)C)cc2C1=O. The van der Waals surface area contributed by atoms with Gasteiger partial charge in [-0.3, -0.25) is 19.3 Å². The van der Waals surface area contributed by atoms with Gasteiger partial charge in [0.1, 0.15) is 6.29 Å². The minimum Gasteiger partial charge on any atom is -0.359 e. The molecule has 0 aliphatic carbocycles. The summed E-state index contributed by atoms with van der Waals surface area (Å²) in [5, 5.41) is 2.45. The van der Waals surface area contributed by atoms with Crippen LogP contribution in [0.5, 0.6) is 0 Å². The molecule has 1 unspecified atom stereocenters. The summed E-state index contributed by atoms with van der Waals surface area (Å²) in [6.07, 6.45) is 0.740. The number of amides is 3. The maximum atomic E-state index is 12.5. The molecule has 122 valence electrons. The molecule has 0 bridgehead atoms. The first-order valence-electron chi connectivity index (χ1n) is 7.58. The summed E-state index contributed by atoms with van der Waals surface area (Å²) in [5.41, 5.74) is 1.60. The Hall–Kier alpha value is -2.50. The number of hydrogen-bond donors (Lipinski definition) is 1. The normalized spacial score (nSPS) is 14.9. The predicted molar refractivity (Wildman–Crippen MR) is 84.2 cm³/mol. The van der Waals surface area contributed by atoms with Crippen LogP contribution in [0.25, 0.3) is 0 Å². The van der Waals surface area contributed by atoms with E-state index in [4.69, 9.17) is 0 Å². The van der Waals surface area contributed by atoms with Gasteiger partial charge in [-0.2, -0.15) is 0 Å². The topological polar surface area (TPSA) is 83.6 Å². The Morgan fingerprint density at radius 3 is 2.43 bits per heavy atom. The molecule has 0 saturated carbocycles. The highest BCUT2D eigenvalue weighted by molar-refractivity contribution is 6.22. The van der Waals surface area contributed by atoms with E-state index in [1.807, 2.05) is 19.9 Å². The lowest BCUT2D eigenvalue weighted by atomic mass is 9.98. The molecule has 0 radical (unpaired) electrons. The van der Waals surface area contributed by atoms with Crippen LogP contribution in [0.2, 0.25) is 0 Å². The lowest BCUT2D eigenvalue weighted by Gasteiger charge is -2.20. The monoisotopic (exact) mass is 316 g/mol. The number of hydrogen-bond acceptors (Lipinski definition) is 4. The third-order valence-corrected chi connectivity index (χ3v) is 4.04. The smallest absolute Gasteiger partial charge is 0.262 e. The molecule has 2 rings (SSSR count). The molecule has 1 aromatic rings. The molecule has 0 aromatic heterocycles. The van der Waals surface area contributed by atoms with Gasteiger partial charge >= 0.3 is 0 Å². The Kier molecular flexibility index (Phi) is 4.93. The van der Waals surface area contributed by atoms with Crippen molar-refractivity contribution in [1.29, 1.82) is 0 Å². The zero-order valence-electron chi connectivity index (χ0n) is 13.5. The number of nitrogens with zero attached hydrogens (tertiary/aromatic N) is 1. The first-order valence-corrected chi connectivity index (χ1v) is 7.58. The summed E-state index contributed by atoms with van der Waals surface area (Å²) in [7, 11) is 1.49. The Morgan fingerprint density at radius 1 is 1.22 bits per heavy atom. The van der Waals surface area contributed by atoms with Gasteiger partial charge < -0.3 is 10.1 Å². The van der Waals surface area contributed by atoms with E-state index in [2.05, 4.69) is 5.32 Å². The number of rotatable bonds is 6. The van der Waals surface area contributed by atoms with Gasteiger partial charge in [0.15, 0.2) is 0 Å². The minimum absolute atomic E-state index is 0.0740. The number of aldehydes is 1. The first kappa shape index (κ1) is 16.9.